The van der Waals surface area contributed by atoms with Gasteiger partial charge in [-0.25, -0.2) is 0 Å². The number of thioether (sulfide) groups is 1. The van der Waals surface area contributed by atoms with Crippen LogP contribution < -0.4 is 0 Å². The molecule has 2 rings (SSSR count). The molecule has 0 aromatic heterocycles. The Hall–Kier alpha value is -1.00. The number of carbonyl (C=O) groups is 1. The predicted molar refractivity (Wildman–Crippen MR) is 70.1 cm³/mol. The highest BCUT2D eigenvalue weighted by Gasteiger charge is 2.30. The molecule has 17 heavy (non-hydrogen) atoms. The zero-order valence-electron chi connectivity index (χ0n) is 9.93. The fourth-order valence-corrected chi connectivity index (χ4v) is 2.47. The van der Waals surface area contributed by atoms with Crippen LogP contribution in [0.25, 0.3) is 0 Å². The van der Waals surface area contributed by atoms with Crippen LogP contribution in [0.15, 0.2) is 24.3 Å². The highest BCUT2D eigenvalue weighted by atomic mass is 32.2. The first-order valence-electron chi connectivity index (χ1n) is 5.72. The van der Waals surface area contributed by atoms with Crippen molar-refractivity contribution in [3.05, 3.63) is 35.4 Å². The van der Waals surface area contributed by atoms with Gasteiger partial charge >= 0.3 is 0 Å². The van der Waals surface area contributed by atoms with E-state index in [2.05, 4.69) is 6.26 Å². The Labute approximate surface area is 106 Å². The Morgan fingerprint density at radius 1 is 1.41 bits per heavy atom. The second-order valence-electron chi connectivity index (χ2n) is 4.39. The summed E-state index contributed by atoms with van der Waals surface area (Å²) in [5.74, 6) is 1.32. The van der Waals surface area contributed by atoms with E-state index in [0.29, 0.717) is 13.1 Å². The quantitative estimate of drug-likeness (QED) is 0.884. The van der Waals surface area contributed by atoms with Crippen molar-refractivity contribution in [1.82, 2.24) is 4.90 Å². The molecule has 3 nitrogen and oxygen atoms in total. The van der Waals surface area contributed by atoms with E-state index in [4.69, 9.17) is 5.11 Å². The number of hydrogen-bond acceptors (Lipinski definition) is 3. The van der Waals surface area contributed by atoms with Crippen molar-refractivity contribution in [3.63, 3.8) is 0 Å². The molecule has 0 bridgehead atoms. The van der Waals surface area contributed by atoms with Crippen LogP contribution >= 0.6 is 11.8 Å². The van der Waals surface area contributed by atoms with Gasteiger partial charge in [0.15, 0.2) is 0 Å². The Balaban J connectivity index is 1.96. The van der Waals surface area contributed by atoms with E-state index in [-0.39, 0.29) is 18.4 Å². The summed E-state index contributed by atoms with van der Waals surface area (Å²) < 4.78 is 0. The lowest BCUT2D eigenvalue weighted by molar-refractivity contribution is 0.0362. The van der Waals surface area contributed by atoms with Gasteiger partial charge in [-0.2, -0.15) is 11.8 Å². The normalized spacial score (nSPS) is 15.8. The molecule has 1 aromatic carbocycles. The Morgan fingerprint density at radius 2 is 2.06 bits per heavy atom. The van der Waals surface area contributed by atoms with Crippen LogP contribution in [0.1, 0.15) is 15.9 Å². The Kier molecular flexibility index (Phi) is 4.07. The van der Waals surface area contributed by atoms with Gasteiger partial charge < -0.3 is 10.0 Å². The fourth-order valence-electron chi connectivity index (χ4n) is 1.94. The molecule has 1 aliphatic rings. The maximum atomic E-state index is 12.0. The smallest absolute Gasteiger partial charge is 0.253 e. The molecule has 0 spiro atoms. The molecule has 1 N–H and O–H groups in total. The highest BCUT2D eigenvalue weighted by Crippen LogP contribution is 2.19. The number of aliphatic hydroxyl groups is 1. The molecule has 1 amide bonds. The molecule has 0 radical (unpaired) electrons. The van der Waals surface area contributed by atoms with Crippen LogP contribution in [0.4, 0.5) is 0 Å². The predicted octanol–water partition coefficient (Wildman–Crippen LogP) is 1.61. The summed E-state index contributed by atoms with van der Waals surface area (Å²) in [5, 5.41) is 8.91. The summed E-state index contributed by atoms with van der Waals surface area (Å²) in [4.78, 5) is 13.8. The van der Waals surface area contributed by atoms with Crippen molar-refractivity contribution < 1.29 is 9.90 Å². The van der Waals surface area contributed by atoms with Crippen LogP contribution in [-0.4, -0.2) is 41.9 Å². The summed E-state index contributed by atoms with van der Waals surface area (Å²) in [7, 11) is 0. The molecule has 0 atom stereocenters. The molecule has 4 heteroatoms. The molecule has 1 fully saturated rings. The van der Waals surface area contributed by atoms with Gasteiger partial charge in [-0.15, -0.1) is 0 Å². The monoisotopic (exact) mass is 251 g/mol. The number of benzene rings is 1. The van der Waals surface area contributed by atoms with E-state index >= 15 is 0 Å². The van der Waals surface area contributed by atoms with Crippen LogP contribution in [0, 0.1) is 5.92 Å². The second kappa shape index (κ2) is 5.56. The van der Waals surface area contributed by atoms with Gasteiger partial charge in [-0.1, -0.05) is 12.1 Å². The summed E-state index contributed by atoms with van der Waals surface area (Å²) >= 11 is 1.77. The third kappa shape index (κ3) is 2.82. The minimum atomic E-state index is 0.0744. The van der Waals surface area contributed by atoms with E-state index in [1.165, 1.54) is 5.56 Å². The first-order valence-corrected chi connectivity index (χ1v) is 7.12. The standard InChI is InChI=1S/C13H17NO2S/c1-17-9-10-2-4-12(5-3-10)13(16)14-6-11(7-14)8-15/h2-5,11,15H,6-9H2,1H3. The average molecular weight is 251 g/mol. The third-order valence-corrected chi connectivity index (χ3v) is 3.64. The lowest BCUT2D eigenvalue weighted by atomic mass is 10.00. The molecule has 0 unspecified atom stereocenters. The summed E-state index contributed by atoms with van der Waals surface area (Å²) in [6.45, 7) is 1.54. The maximum absolute atomic E-state index is 12.0. The second-order valence-corrected chi connectivity index (χ2v) is 5.25. The first kappa shape index (κ1) is 12.5. The number of hydrogen-bond donors (Lipinski definition) is 1. The van der Waals surface area contributed by atoms with Crippen molar-refractivity contribution in [1.29, 1.82) is 0 Å². The van der Waals surface area contributed by atoms with Gasteiger partial charge in [0.1, 0.15) is 0 Å². The number of amides is 1. The molecular weight excluding hydrogens is 234 g/mol. The number of carbonyl (C=O) groups excluding carboxylic acids is 1. The van der Waals surface area contributed by atoms with Gasteiger partial charge in [0, 0.05) is 36.9 Å². The van der Waals surface area contributed by atoms with Gasteiger partial charge in [0.2, 0.25) is 0 Å². The van der Waals surface area contributed by atoms with Crippen molar-refractivity contribution in [2.24, 2.45) is 5.92 Å². The van der Waals surface area contributed by atoms with E-state index < -0.39 is 0 Å². The van der Waals surface area contributed by atoms with Gasteiger partial charge in [0.25, 0.3) is 5.91 Å². The van der Waals surface area contributed by atoms with Crippen LogP contribution in [0.3, 0.4) is 0 Å². The molecule has 0 saturated carbocycles. The van der Waals surface area contributed by atoms with Crippen molar-refractivity contribution >= 4 is 17.7 Å². The Bertz CT molecular complexity index is 385. The van der Waals surface area contributed by atoms with E-state index in [1.54, 1.807) is 16.7 Å². The van der Waals surface area contributed by atoms with E-state index in [0.717, 1.165) is 11.3 Å². The molecule has 1 heterocycles. The van der Waals surface area contributed by atoms with E-state index in [9.17, 15) is 4.79 Å². The van der Waals surface area contributed by atoms with Gasteiger partial charge in [0.05, 0.1) is 0 Å². The van der Waals surface area contributed by atoms with Crippen LogP contribution in [0.2, 0.25) is 0 Å². The summed E-state index contributed by atoms with van der Waals surface area (Å²) in [6.07, 6.45) is 2.06. The van der Waals surface area contributed by atoms with Gasteiger partial charge in [-0.3, -0.25) is 4.79 Å². The lowest BCUT2D eigenvalue weighted by Crippen LogP contribution is -2.51. The lowest BCUT2D eigenvalue weighted by Gasteiger charge is -2.38. The first-order chi connectivity index (χ1) is 8.24. The van der Waals surface area contributed by atoms with Crippen LogP contribution in [-0.2, 0) is 5.75 Å². The molecule has 92 valence electrons. The zero-order valence-corrected chi connectivity index (χ0v) is 10.7. The van der Waals surface area contributed by atoms with Crippen LogP contribution in [0.5, 0.6) is 0 Å². The van der Waals surface area contributed by atoms with E-state index in [1.807, 2.05) is 24.3 Å². The van der Waals surface area contributed by atoms with Crippen molar-refractivity contribution in [2.75, 3.05) is 26.0 Å². The minimum absolute atomic E-state index is 0.0744. The topological polar surface area (TPSA) is 40.5 Å². The maximum Gasteiger partial charge on any atom is 0.253 e. The summed E-state index contributed by atoms with van der Waals surface area (Å²) in [6, 6.07) is 7.79. The molecule has 1 aromatic rings. The number of aliphatic hydroxyl groups excluding tert-OH is 1. The Morgan fingerprint density at radius 3 is 2.59 bits per heavy atom. The average Bonchev–Trinajstić information content (AvgIpc) is 2.29. The highest BCUT2D eigenvalue weighted by molar-refractivity contribution is 7.97. The minimum Gasteiger partial charge on any atom is -0.396 e. The molecular formula is C13H17NO2S. The number of nitrogens with zero attached hydrogens (tertiary/aromatic N) is 1. The van der Waals surface area contributed by atoms with Gasteiger partial charge in [-0.05, 0) is 24.0 Å². The third-order valence-electron chi connectivity index (χ3n) is 3.01. The number of rotatable bonds is 4. The SMILES string of the molecule is CSCc1ccc(C(=O)N2CC(CO)C2)cc1. The largest absolute Gasteiger partial charge is 0.396 e. The molecule has 1 aliphatic heterocycles. The zero-order chi connectivity index (χ0) is 12.3. The number of likely N-dealkylation sites (tertiary alicyclic amines) is 1. The summed E-state index contributed by atoms with van der Waals surface area (Å²) in [5.41, 5.74) is 1.98. The van der Waals surface area contributed by atoms with Crippen molar-refractivity contribution in [2.45, 2.75) is 5.75 Å². The molecule has 0 aliphatic carbocycles. The van der Waals surface area contributed by atoms with Crippen molar-refractivity contribution in [3.8, 4) is 0 Å². The molecule has 1 saturated heterocycles. The fraction of sp³-hybridized carbons (Fsp3) is 0.462.